The first-order valence-electron chi connectivity index (χ1n) is 5.47. The number of primary amides is 1. The van der Waals surface area contributed by atoms with E-state index in [0.29, 0.717) is 5.02 Å². The summed E-state index contributed by atoms with van der Waals surface area (Å²) in [5.74, 6) is -1.43. The minimum absolute atomic E-state index is 0.225. The fraction of sp³-hybridized carbons (Fsp3) is 0.273. The molecule has 1 aromatic carbocycles. The number of hydrogen-bond acceptors (Lipinski definition) is 3. The molecular formula is C11H12Cl2N2O3Si. The summed E-state index contributed by atoms with van der Waals surface area (Å²) in [7, 11) is -2.49. The Morgan fingerprint density at radius 1 is 1.37 bits per heavy atom. The number of carbonyl (C=O) groups excluding carboxylic acids is 2. The highest BCUT2D eigenvalue weighted by molar-refractivity contribution is 6.73. The Labute approximate surface area is 121 Å². The second-order valence-corrected chi connectivity index (χ2v) is 9.03. The van der Waals surface area contributed by atoms with Crippen molar-refractivity contribution in [2.75, 3.05) is 0 Å². The van der Waals surface area contributed by atoms with E-state index in [9.17, 15) is 9.59 Å². The van der Waals surface area contributed by atoms with Crippen molar-refractivity contribution >= 4 is 43.5 Å². The number of benzene rings is 1. The van der Waals surface area contributed by atoms with E-state index in [1.165, 1.54) is 18.2 Å². The van der Waals surface area contributed by atoms with Gasteiger partial charge in [-0.2, -0.15) is 0 Å². The van der Waals surface area contributed by atoms with Gasteiger partial charge in [-0.3, -0.25) is 9.59 Å². The largest absolute Gasteiger partial charge is 0.373 e. The molecule has 102 valence electrons. The molecule has 1 atom stereocenters. The van der Waals surface area contributed by atoms with E-state index in [0.717, 1.165) is 0 Å². The lowest BCUT2D eigenvalue weighted by Crippen LogP contribution is -2.48. The first-order valence-corrected chi connectivity index (χ1v) is 9.14. The van der Waals surface area contributed by atoms with E-state index < -0.39 is 25.9 Å². The Balaban J connectivity index is 2.61. The van der Waals surface area contributed by atoms with E-state index >= 15 is 0 Å². The maximum absolute atomic E-state index is 12.2. The van der Waals surface area contributed by atoms with Crippen molar-refractivity contribution in [3.8, 4) is 0 Å². The van der Waals surface area contributed by atoms with Gasteiger partial charge in [0.05, 0.1) is 10.0 Å². The third-order valence-electron chi connectivity index (χ3n) is 2.82. The fourth-order valence-electron chi connectivity index (χ4n) is 2.03. The molecule has 0 radical (unpaired) electrons. The topological polar surface area (TPSA) is 81.4 Å². The summed E-state index contributed by atoms with van der Waals surface area (Å²) in [5, 5.41) is 0.544. The highest BCUT2D eigenvalue weighted by Crippen LogP contribution is 2.36. The highest BCUT2D eigenvalue weighted by Gasteiger charge is 2.58. The number of halogens is 2. The van der Waals surface area contributed by atoms with Crippen LogP contribution in [0.4, 0.5) is 0 Å². The van der Waals surface area contributed by atoms with Crippen molar-refractivity contribution in [3.63, 3.8) is 0 Å². The van der Waals surface area contributed by atoms with Crippen LogP contribution in [0.2, 0.25) is 23.1 Å². The van der Waals surface area contributed by atoms with E-state index in [-0.39, 0.29) is 10.6 Å². The Morgan fingerprint density at radius 3 is 2.42 bits per heavy atom. The normalized spacial score (nSPS) is 25.2. The van der Waals surface area contributed by atoms with E-state index in [2.05, 4.69) is 4.98 Å². The van der Waals surface area contributed by atoms with E-state index in [1.54, 1.807) is 13.1 Å². The van der Waals surface area contributed by atoms with Crippen molar-refractivity contribution in [1.82, 2.24) is 4.98 Å². The van der Waals surface area contributed by atoms with Gasteiger partial charge in [0, 0.05) is 5.56 Å². The Bertz CT molecular complexity index is 579. The van der Waals surface area contributed by atoms with Gasteiger partial charge >= 0.3 is 0 Å². The Morgan fingerprint density at radius 2 is 2.00 bits per heavy atom. The van der Waals surface area contributed by atoms with E-state index in [1.807, 2.05) is 0 Å². The number of nitrogens with one attached hydrogen (secondary N) is 1. The molecule has 19 heavy (non-hydrogen) atoms. The smallest absolute Gasteiger partial charge is 0.296 e. The molecule has 0 aliphatic carbocycles. The van der Waals surface area contributed by atoms with Gasteiger partial charge in [0.25, 0.3) is 20.3 Å². The molecule has 5 nitrogen and oxygen atoms in total. The van der Waals surface area contributed by atoms with Crippen LogP contribution in [0.1, 0.15) is 5.56 Å². The molecule has 1 aliphatic rings. The maximum Gasteiger partial charge on any atom is 0.296 e. The van der Waals surface area contributed by atoms with Gasteiger partial charge in [-0.15, -0.1) is 0 Å². The van der Waals surface area contributed by atoms with Gasteiger partial charge in [-0.1, -0.05) is 29.3 Å². The molecule has 8 heteroatoms. The minimum atomic E-state index is -2.49. The summed E-state index contributed by atoms with van der Waals surface area (Å²) in [4.78, 5) is 26.7. The van der Waals surface area contributed by atoms with Crippen molar-refractivity contribution in [2.24, 2.45) is 5.73 Å². The maximum atomic E-state index is 12.2. The SMILES string of the molecule is C[Si]1(C)NC(=O)C(C(N)=O)(c2ccc(Cl)c(Cl)c2)O1. The van der Waals surface area contributed by atoms with Gasteiger partial charge in [0.15, 0.2) is 0 Å². The first-order chi connectivity index (χ1) is 8.69. The molecule has 1 heterocycles. The van der Waals surface area contributed by atoms with Crippen LogP contribution in [0.5, 0.6) is 0 Å². The molecule has 0 saturated carbocycles. The predicted molar refractivity (Wildman–Crippen MR) is 74.0 cm³/mol. The number of hydrogen-bond donors (Lipinski definition) is 2. The molecule has 2 amide bonds. The predicted octanol–water partition coefficient (Wildman–Crippen LogP) is 1.52. The van der Waals surface area contributed by atoms with Crippen LogP contribution in [0.25, 0.3) is 0 Å². The van der Waals surface area contributed by atoms with Gasteiger partial charge in [-0.05, 0) is 25.2 Å². The summed E-state index contributed by atoms with van der Waals surface area (Å²) in [5.41, 5.74) is 3.84. The zero-order valence-corrected chi connectivity index (χ0v) is 12.8. The van der Waals surface area contributed by atoms with Crippen LogP contribution in [0, 0.1) is 0 Å². The minimum Gasteiger partial charge on any atom is -0.373 e. The Hall–Kier alpha value is -1.08. The number of amides is 2. The molecule has 1 aromatic rings. The standard InChI is InChI=1S/C11H12Cl2N2O3Si/c1-19(2)15-10(17)11(18-19,9(14)16)6-3-4-7(12)8(13)5-6/h3-5H,1-2H3,(H2,14,16)(H,15,17). The molecule has 1 aliphatic heterocycles. The lowest BCUT2D eigenvalue weighted by molar-refractivity contribution is -0.145. The van der Waals surface area contributed by atoms with Crippen molar-refractivity contribution in [1.29, 1.82) is 0 Å². The fourth-order valence-corrected chi connectivity index (χ4v) is 4.17. The molecule has 0 aromatic heterocycles. The zero-order chi connectivity index (χ0) is 14.4. The summed E-state index contributed by atoms with van der Waals surface area (Å²) in [6.45, 7) is 3.51. The van der Waals surface area contributed by atoms with Gasteiger partial charge < -0.3 is 15.1 Å². The molecule has 1 unspecified atom stereocenters. The van der Waals surface area contributed by atoms with Crippen LogP contribution >= 0.6 is 23.2 Å². The van der Waals surface area contributed by atoms with Crippen LogP contribution in [0.3, 0.4) is 0 Å². The van der Waals surface area contributed by atoms with Gasteiger partial charge in [-0.25, -0.2) is 0 Å². The number of carbonyl (C=O) groups is 2. The summed E-state index contributed by atoms with van der Waals surface area (Å²) >= 11 is 11.7. The van der Waals surface area contributed by atoms with Crippen molar-refractivity contribution < 1.29 is 14.0 Å². The summed E-state index contributed by atoms with van der Waals surface area (Å²) in [6.07, 6.45) is 0. The highest BCUT2D eigenvalue weighted by atomic mass is 35.5. The quantitative estimate of drug-likeness (QED) is 0.640. The van der Waals surface area contributed by atoms with Crippen molar-refractivity contribution in [3.05, 3.63) is 33.8 Å². The summed E-state index contributed by atoms with van der Waals surface area (Å²) < 4.78 is 5.69. The van der Waals surface area contributed by atoms with Crippen LogP contribution in [-0.4, -0.2) is 20.3 Å². The number of nitrogens with two attached hydrogens (primary N) is 1. The molecule has 3 N–H and O–H groups in total. The van der Waals surface area contributed by atoms with Crippen LogP contribution < -0.4 is 10.7 Å². The summed E-state index contributed by atoms with van der Waals surface area (Å²) in [6, 6.07) is 4.42. The monoisotopic (exact) mass is 318 g/mol. The third kappa shape index (κ3) is 2.25. The molecule has 2 rings (SSSR count). The van der Waals surface area contributed by atoms with Gasteiger partial charge in [0.2, 0.25) is 5.60 Å². The van der Waals surface area contributed by atoms with Gasteiger partial charge in [0.1, 0.15) is 0 Å². The molecule has 0 bridgehead atoms. The van der Waals surface area contributed by atoms with Crippen molar-refractivity contribution in [2.45, 2.75) is 18.7 Å². The van der Waals surface area contributed by atoms with Crippen LogP contribution in [0.15, 0.2) is 18.2 Å². The molecule has 0 spiro atoms. The molecule has 1 saturated heterocycles. The van der Waals surface area contributed by atoms with E-state index in [4.69, 9.17) is 33.4 Å². The Kier molecular flexibility index (Phi) is 3.38. The number of rotatable bonds is 2. The lowest BCUT2D eigenvalue weighted by Gasteiger charge is -2.25. The average molecular weight is 319 g/mol. The van der Waals surface area contributed by atoms with Crippen LogP contribution in [-0.2, 0) is 19.6 Å². The third-order valence-corrected chi connectivity index (χ3v) is 5.20. The second-order valence-electron chi connectivity index (χ2n) is 4.74. The second kappa shape index (κ2) is 4.48. The average Bonchev–Trinajstić information content (AvgIpc) is 2.53. The molecule has 1 fully saturated rings. The molecular weight excluding hydrogens is 307 g/mol. The first kappa shape index (κ1) is 14.3. The lowest BCUT2D eigenvalue weighted by atomic mass is 9.92. The zero-order valence-electron chi connectivity index (χ0n) is 10.3.